The molecule has 1 saturated carbocycles. The number of likely N-dealkylation sites (tertiary alicyclic amines) is 1. The van der Waals surface area contributed by atoms with Crippen LogP contribution >= 0.6 is 0 Å². The number of aliphatic hydroxyl groups is 1. The van der Waals surface area contributed by atoms with Gasteiger partial charge in [-0.2, -0.15) is 0 Å². The number of nitrogens with one attached hydrogen (secondary N) is 1. The lowest BCUT2D eigenvalue weighted by Gasteiger charge is -2.56. The molecule has 1 amide bonds. The molecule has 2 N–H and O–H groups in total. The molecule has 1 atom stereocenters. The summed E-state index contributed by atoms with van der Waals surface area (Å²) in [4.78, 5) is 21.1. The van der Waals surface area contributed by atoms with Gasteiger partial charge >= 0.3 is 0 Å². The van der Waals surface area contributed by atoms with Gasteiger partial charge in [0.15, 0.2) is 0 Å². The van der Waals surface area contributed by atoms with Gasteiger partial charge in [0.1, 0.15) is 5.75 Å². The zero-order chi connectivity index (χ0) is 21.9. The highest BCUT2D eigenvalue weighted by molar-refractivity contribution is 5.96. The number of aromatic amines is 1. The predicted molar refractivity (Wildman–Crippen MR) is 123 cm³/mol. The number of carbonyl (C=O) groups is 1. The molecular formula is C26H29N3O3. The number of fused-ring (bicyclic) bond motifs is 4. The van der Waals surface area contributed by atoms with Crippen LogP contribution in [0.5, 0.6) is 5.75 Å². The Morgan fingerprint density at radius 1 is 1.16 bits per heavy atom. The molecule has 166 valence electrons. The lowest BCUT2D eigenvalue weighted by Crippen LogP contribution is -2.67. The van der Waals surface area contributed by atoms with Gasteiger partial charge in [-0.3, -0.25) is 9.69 Å². The molecular weight excluding hydrogens is 402 g/mol. The van der Waals surface area contributed by atoms with Gasteiger partial charge in [0, 0.05) is 59.8 Å². The predicted octanol–water partition coefficient (Wildman–Crippen LogP) is 3.33. The molecule has 2 fully saturated rings. The van der Waals surface area contributed by atoms with E-state index in [4.69, 9.17) is 4.74 Å². The van der Waals surface area contributed by atoms with Gasteiger partial charge in [0.05, 0.1) is 19.8 Å². The highest BCUT2D eigenvalue weighted by atomic mass is 16.5. The topological polar surface area (TPSA) is 68.8 Å². The van der Waals surface area contributed by atoms with Crippen molar-refractivity contribution in [3.63, 3.8) is 0 Å². The Kier molecular flexibility index (Phi) is 4.56. The van der Waals surface area contributed by atoms with Crippen molar-refractivity contribution in [3.05, 3.63) is 65.4 Å². The van der Waals surface area contributed by atoms with E-state index in [0.717, 1.165) is 41.5 Å². The van der Waals surface area contributed by atoms with E-state index in [1.54, 1.807) is 7.11 Å². The van der Waals surface area contributed by atoms with E-state index in [1.165, 1.54) is 23.8 Å². The molecule has 6 heteroatoms. The zero-order valence-corrected chi connectivity index (χ0v) is 18.4. The first-order valence-corrected chi connectivity index (χ1v) is 11.5. The fourth-order valence-electron chi connectivity index (χ4n) is 5.79. The number of ether oxygens (including phenoxy) is 1. The summed E-state index contributed by atoms with van der Waals surface area (Å²) in [5.41, 5.74) is 4.04. The summed E-state index contributed by atoms with van der Waals surface area (Å²) in [6.07, 6.45) is 2.55. The Balaban J connectivity index is 1.40. The number of hydrogen-bond acceptors (Lipinski definition) is 4. The third kappa shape index (κ3) is 3.05. The first-order chi connectivity index (χ1) is 15.6. The first-order valence-electron chi connectivity index (χ1n) is 11.5. The Morgan fingerprint density at radius 3 is 2.62 bits per heavy atom. The van der Waals surface area contributed by atoms with Crippen LogP contribution in [0.2, 0.25) is 0 Å². The van der Waals surface area contributed by atoms with Crippen molar-refractivity contribution < 1.29 is 14.6 Å². The summed E-state index contributed by atoms with van der Waals surface area (Å²) in [7, 11) is 1.68. The van der Waals surface area contributed by atoms with Crippen LogP contribution in [0.3, 0.4) is 0 Å². The van der Waals surface area contributed by atoms with E-state index >= 15 is 0 Å². The Hall–Kier alpha value is -2.83. The molecule has 3 aromatic rings. The summed E-state index contributed by atoms with van der Waals surface area (Å²) in [6.45, 7) is 3.38. The normalized spacial score (nSPS) is 22.1. The average Bonchev–Trinajstić information content (AvgIpc) is 3.53. The van der Waals surface area contributed by atoms with Gasteiger partial charge in [-0.1, -0.05) is 18.2 Å². The van der Waals surface area contributed by atoms with Crippen molar-refractivity contribution >= 4 is 16.8 Å². The SMILES string of the molecule is COc1ccc2c3c([nH]c2c1)[C@H](CO)N(CC1CC1)CC31CN(C(=O)c2ccccc2)C1. The second-order valence-corrected chi connectivity index (χ2v) is 9.70. The van der Waals surface area contributed by atoms with Crippen molar-refractivity contribution in [2.45, 2.75) is 24.3 Å². The quantitative estimate of drug-likeness (QED) is 0.650. The maximum atomic E-state index is 13.1. The minimum absolute atomic E-state index is 0.0338. The highest BCUT2D eigenvalue weighted by Crippen LogP contribution is 2.49. The molecule has 1 aromatic heterocycles. The number of amides is 1. The fourth-order valence-corrected chi connectivity index (χ4v) is 5.79. The molecule has 3 heterocycles. The lowest BCUT2D eigenvalue weighted by atomic mass is 9.68. The van der Waals surface area contributed by atoms with Crippen LogP contribution in [0.4, 0.5) is 0 Å². The largest absolute Gasteiger partial charge is 0.497 e. The van der Waals surface area contributed by atoms with Gasteiger partial charge in [-0.05, 0) is 48.6 Å². The number of nitrogens with zero attached hydrogens (tertiary/aromatic N) is 2. The van der Waals surface area contributed by atoms with Crippen LogP contribution in [0, 0.1) is 5.92 Å². The fraction of sp³-hybridized carbons (Fsp3) is 0.423. The van der Waals surface area contributed by atoms with Gasteiger partial charge in [0.2, 0.25) is 0 Å². The molecule has 0 radical (unpaired) electrons. The lowest BCUT2D eigenvalue weighted by molar-refractivity contribution is -0.00131. The molecule has 0 bridgehead atoms. The van der Waals surface area contributed by atoms with E-state index in [2.05, 4.69) is 16.0 Å². The van der Waals surface area contributed by atoms with Crippen molar-refractivity contribution in [1.29, 1.82) is 0 Å². The summed E-state index contributed by atoms with van der Waals surface area (Å²) < 4.78 is 5.45. The Labute approximate surface area is 187 Å². The number of aromatic nitrogens is 1. The standard InChI is InChI=1S/C26H29N3O3/c1-32-19-9-10-20-21(11-19)27-24-22(13-30)28(12-17-7-8-17)14-26(23(20)24)15-29(16-26)25(31)18-5-3-2-4-6-18/h2-6,9-11,17,22,27,30H,7-8,12-16H2,1H3/t22-/m0/s1. The van der Waals surface area contributed by atoms with E-state index in [0.29, 0.717) is 13.1 Å². The van der Waals surface area contributed by atoms with Crippen molar-refractivity contribution in [1.82, 2.24) is 14.8 Å². The minimum Gasteiger partial charge on any atom is -0.497 e. The number of H-pyrrole nitrogens is 1. The molecule has 0 unspecified atom stereocenters. The van der Waals surface area contributed by atoms with Crippen molar-refractivity contribution in [3.8, 4) is 5.75 Å². The number of carbonyl (C=O) groups excluding carboxylic acids is 1. The Bertz CT molecular complexity index is 1160. The summed E-state index contributed by atoms with van der Waals surface area (Å²) in [6, 6.07) is 15.7. The van der Waals surface area contributed by atoms with Crippen LogP contribution < -0.4 is 4.74 Å². The van der Waals surface area contributed by atoms with E-state index in [-0.39, 0.29) is 24.0 Å². The smallest absolute Gasteiger partial charge is 0.253 e. The van der Waals surface area contributed by atoms with Gasteiger partial charge < -0.3 is 19.7 Å². The Morgan fingerprint density at radius 2 is 1.94 bits per heavy atom. The first kappa shape index (κ1) is 19.8. The van der Waals surface area contributed by atoms with Crippen LogP contribution in [0.1, 0.15) is 40.5 Å². The molecule has 1 spiro atoms. The molecule has 1 aliphatic carbocycles. The number of aliphatic hydroxyl groups excluding tert-OH is 1. The molecule has 2 aromatic carbocycles. The number of rotatable bonds is 5. The average molecular weight is 432 g/mol. The van der Waals surface area contributed by atoms with Crippen LogP contribution in [-0.2, 0) is 5.41 Å². The van der Waals surface area contributed by atoms with Crippen LogP contribution in [-0.4, -0.2) is 65.7 Å². The number of methoxy groups -OCH3 is 1. The monoisotopic (exact) mass is 431 g/mol. The molecule has 1 saturated heterocycles. The summed E-state index contributed by atoms with van der Waals surface area (Å²) in [5, 5.41) is 11.5. The highest BCUT2D eigenvalue weighted by Gasteiger charge is 2.54. The van der Waals surface area contributed by atoms with Gasteiger partial charge in [-0.15, -0.1) is 0 Å². The van der Waals surface area contributed by atoms with Crippen LogP contribution in [0.25, 0.3) is 10.9 Å². The maximum Gasteiger partial charge on any atom is 0.253 e. The second kappa shape index (κ2) is 7.36. The zero-order valence-electron chi connectivity index (χ0n) is 18.4. The van der Waals surface area contributed by atoms with E-state index in [1.807, 2.05) is 47.4 Å². The summed E-state index contributed by atoms with van der Waals surface area (Å²) >= 11 is 0. The number of benzene rings is 2. The minimum atomic E-state index is -0.118. The summed E-state index contributed by atoms with van der Waals surface area (Å²) in [5.74, 6) is 1.64. The molecule has 2 aliphatic heterocycles. The third-order valence-electron chi connectivity index (χ3n) is 7.50. The second-order valence-electron chi connectivity index (χ2n) is 9.70. The number of hydrogen-bond donors (Lipinski definition) is 2. The van der Waals surface area contributed by atoms with Crippen molar-refractivity contribution in [2.75, 3.05) is 39.9 Å². The van der Waals surface area contributed by atoms with Crippen molar-refractivity contribution in [2.24, 2.45) is 5.92 Å². The maximum absolute atomic E-state index is 13.1. The molecule has 6 rings (SSSR count). The van der Waals surface area contributed by atoms with Crippen LogP contribution in [0.15, 0.2) is 48.5 Å². The third-order valence-corrected chi connectivity index (χ3v) is 7.50. The van der Waals surface area contributed by atoms with E-state index < -0.39 is 0 Å². The molecule has 32 heavy (non-hydrogen) atoms. The van der Waals surface area contributed by atoms with Gasteiger partial charge in [-0.25, -0.2) is 0 Å². The molecule has 3 aliphatic rings. The van der Waals surface area contributed by atoms with E-state index in [9.17, 15) is 9.90 Å². The molecule has 6 nitrogen and oxygen atoms in total. The van der Waals surface area contributed by atoms with Gasteiger partial charge in [0.25, 0.3) is 5.91 Å².